The number of urea groups is 1. The summed E-state index contributed by atoms with van der Waals surface area (Å²) in [4.78, 5) is 52.3. The van der Waals surface area contributed by atoms with Gasteiger partial charge in [0.1, 0.15) is 12.0 Å². The number of carbonyl (C=O) groups excluding carboxylic acids is 3. The molecule has 1 aromatic carbocycles. The highest BCUT2D eigenvalue weighted by atomic mass is 19.1. The molecule has 3 aromatic rings. The van der Waals surface area contributed by atoms with Crippen LogP contribution in [0.1, 0.15) is 22.5 Å². The number of hydrogen-bond acceptors (Lipinski definition) is 6. The molecule has 3 amide bonds. The van der Waals surface area contributed by atoms with Crippen molar-refractivity contribution in [2.24, 2.45) is 5.92 Å². The number of H-pyrrole nitrogens is 1. The summed E-state index contributed by atoms with van der Waals surface area (Å²) in [5, 5.41) is 6.08. The highest BCUT2D eigenvalue weighted by molar-refractivity contribution is 6.09. The van der Waals surface area contributed by atoms with Crippen LogP contribution in [0.25, 0.3) is 11.3 Å². The zero-order valence-corrected chi connectivity index (χ0v) is 21.6. The van der Waals surface area contributed by atoms with Gasteiger partial charge in [-0.05, 0) is 37.7 Å². The molecule has 2 atom stereocenters. The fourth-order valence-electron chi connectivity index (χ4n) is 5.13. The summed E-state index contributed by atoms with van der Waals surface area (Å²) in [6, 6.07) is 12.8. The number of rotatable bonds is 5. The maximum atomic E-state index is 13.5. The molecule has 202 valence electrons. The summed E-state index contributed by atoms with van der Waals surface area (Å²) in [6.45, 7) is 3.10. The van der Waals surface area contributed by atoms with E-state index in [4.69, 9.17) is 0 Å². The van der Waals surface area contributed by atoms with Gasteiger partial charge in [0.15, 0.2) is 5.78 Å². The van der Waals surface area contributed by atoms with Crippen molar-refractivity contribution in [3.63, 3.8) is 0 Å². The second kappa shape index (κ2) is 10.1. The molecule has 0 unspecified atom stereocenters. The molecule has 2 fully saturated rings. The molecular formula is C28H30FN7O3. The molecule has 1 saturated heterocycles. The van der Waals surface area contributed by atoms with Gasteiger partial charge in [-0.15, -0.1) is 0 Å². The van der Waals surface area contributed by atoms with Crippen molar-refractivity contribution >= 4 is 34.9 Å². The lowest BCUT2D eigenvalue weighted by molar-refractivity contribution is -0.117. The van der Waals surface area contributed by atoms with Crippen LogP contribution in [0, 0.1) is 5.92 Å². The minimum Gasteiger partial charge on any atom is -0.355 e. The van der Waals surface area contributed by atoms with Crippen LogP contribution in [0.3, 0.4) is 0 Å². The Morgan fingerprint density at radius 1 is 1.05 bits per heavy atom. The third-order valence-corrected chi connectivity index (χ3v) is 7.48. The van der Waals surface area contributed by atoms with Crippen molar-refractivity contribution in [1.82, 2.24) is 24.7 Å². The molecule has 0 spiro atoms. The minimum absolute atomic E-state index is 0.0115. The van der Waals surface area contributed by atoms with Gasteiger partial charge in [0.2, 0.25) is 5.91 Å². The molecule has 0 radical (unpaired) electrons. The normalized spacial score (nSPS) is 20.9. The summed E-state index contributed by atoms with van der Waals surface area (Å²) in [6.07, 6.45) is 0.681. The third-order valence-electron chi connectivity index (χ3n) is 7.48. The Morgan fingerprint density at radius 2 is 1.79 bits per heavy atom. The lowest BCUT2D eigenvalue weighted by Crippen LogP contribution is -2.53. The van der Waals surface area contributed by atoms with Gasteiger partial charge in [0.25, 0.3) is 0 Å². The molecule has 39 heavy (non-hydrogen) atoms. The molecule has 1 aliphatic carbocycles. The number of pyridine rings is 1. The summed E-state index contributed by atoms with van der Waals surface area (Å²) >= 11 is 0. The summed E-state index contributed by atoms with van der Waals surface area (Å²) < 4.78 is 13.4. The number of para-hydroxylation sites is 1. The van der Waals surface area contributed by atoms with Gasteiger partial charge >= 0.3 is 6.03 Å². The number of anilines is 3. The number of Topliss-reactive ketones (excluding diaryl/α,β-unsaturated/α-hetero) is 1. The van der Waals surface area contributed by atoms with Crippen molar-refractivity contribution in [2.45, 2.75) is 19.1 Å². The van der Waals surface area contributed by atoms with Crippen LogP contribution in [-0.2, 0) is 11.3 Å². The lowest BCUT2D eigenvalue weighted by atomic mass is 10.0. The second-order valence-electron chi connectivity index (χ2n) is 10.3. The zero-order valence-electron chi connectivity index (χ0n) is 21.6. The van der Waals surface area contributed by atoms with Gasteiger partial charge in [-0.3, -0.25) is 9.59 Å². The number of fused-ring (bicyclic) bond motifs is 1. The van der Waals surface area contributed by atoms with Gasteiger partial charge in [-0.1, -0.05) is 18.2 Å². The molecule has 11 heteroatoms. The fraction of sp³-hybridized carbons (Fsp3) is 0.357. The number of piperazine rings is 1. The SMILES string of the molecule is CN1CCN(C(=O)N2CC(=O)c3c([nH]c(-c4ccnc(NC(=O)[C@@H]5C[C@@H]5F)c4)c3Nc3ccccc3)C2)CC1. The van der Waals surface area contributed by atoms with Gasteiger partial charge in [-0.25, -0.2) is 14.2 Å². The molecule has 2 aliphatic heterocycles. The highest BCUT2D eigenvalue weighted by Gasteiger charge is 2.43. The molecular weight excluding hydrogens is 501 g/mol. The smallest absolute Gasteiger partial charge is 0.320 e. The number of alkyl halides is 1. The van der Waals surface area contributed by atoms with Crippen molar-refractivity contribution in [2.75, 3.05) is 50.4 Å². The first-order valence-electron chi connectivity index (χ1n) is 13.1. The molecule has 2 aromatic heterocycles. The van der Waals surface area contributed by atoms with Gasteiger partial charge in [0.05, 0.1) is 36.0 Å². The summed E-state index contributed by atoms with van der Waals surface area (Å²) in [7, 11) is 2.03. The Kier molecular flexibility index (Phi) is 6.51. The number of nitrogens with zero attached hydrogens (tertiary/aromatic N) is 4. The average Bonchev–Trinajstić information content (AvgIpc) is 3.57. The molecule has 0 bridgehead atoms. The molecule has 1 saturated carbocycles. The van der Waals surface area contributed by atoms with E-state index in [1.54, 1.807) is 28.1 Å². The number of nitrogens with one attached hydrogen (secondary N) is 3. The van der Waals surface area contributed by atoms with E-state index in [9.17, 15) is 18.8 Å². The first-order valence-corrected chi connectivity index (χ1v) is 13.1. The van der Waals surface area contributed by atoms with Crippen LogP contribution in [-0.4, -0.2) is 88.3 Å². The van der Waals surface area contributed by atoms with Gasteiger partial charge in [0, 0.05) is 49.3 Å². The minimum atomic E-state index is -1.10. The van der Waals surface area contributed by atoms with Crippen molar-refractivity contribution in [3.8, 4) is 11.3 Å². The maximum Gasteiger partial charge on any atom is 0.320 e. The first-order chi connectivity index (χ1) is 18.9. The Labute approximate surface area is 225 Å². The average molecular weight is 532 g/mol. The number of benzene rings is 1. The third kappa shape index (κ3) is 5.09. The zero-order chi connectivity index (χ0) is 27.1. The first kappa shape index (κ1) is 25.1. The van der Waals surface area contributed by atoms with E-state index in [0.717, 1.165) is 18.8 Å². The quantitative estimate of drug-likeness (QED) is 0.465. The molecule has 3 N–H and O–H groups in total. The highest BCUT2D eigenvalue weighted by Crippen LogP contribution is 2.39. The van der Waals surface area contributed by atoms with Crippen molar-refractivity contribution in [1.29, 1.82) is 0 Å². The molecule has 4 heterocycles. The largest absolute Gasteiger partial charge is 0.355 e. The van der Waals surface area contributed by atoms with E-state index >= 15 is 0 Å². The number of hydrogen-bond donors (Lipinski definition) is 3. The molecule has 3 aliphatic rings. The van der Waals surface area contributed by atoms with Crippen LogP contribution >= 0.6 is 0 Å². The summed E-state index contributed by atoms with van der Waals surface area (Å²) in [5.41, 5.74) is 3.88. The summed E-state index contributed by atoms with van der Waals surface area (Å²) in [5.74, 6) is -0.892. The van der Waals surface area contributed by atoms with Crippen LogP contribution in [0.2, 0.25) is 0 Å². The van der Waals surface area contributed by atoms with Crippen molar-refractivity contribution in [3.05, 3.63) is 59.9 Å². The Morgan fingerprint density at radius 3 is 2.51 bits per heavy atom. The molecule has 10 nitrogen and oxygen atoms in total. The maximum absolute atomic E-state index is 13.5. The van der Waals surface area contributed by atoms with Gasteiger partial charge in [-0.2, -0.15) is 0 Å². The van der Waals surface area contributed by atoms with E-state index in [1.165, 1.54) is 0 Å². The van der Waals surface area contributed by atoms with E-state index in [0.29, 0.717) is 47.1 Å². The molecule has 6 rings (SSSR count). The predicted molar refractivity (Wildman–Crippen MR) is 145 cm³/mol. The Balaban J connectivity index is 1.33. The van der Waals surface area contributed by atoms with E-state index in [1.807, 2.05) is 37.4 Å². The topological polar surface area (TPSA) is 114 Å². The van der Waals surface area contributed by atoms with E-state index < -0.39 is 18.0 Å². The van der Waals surface area contributed by atoms with E-state index in [2.05, 4.69) is 25.5 Å². The van der Waals surface area contributed by atoms with E-state index in [-0.39, 0.29) is 31.3 Å². The second-order valence-corrected chi connectivity index (χ2v) is 10.3. The number of ketones is 1. The van der Waals surface area contributed by atoms with Crippen LogP contribution in [0.15, 0.2) is 48.7 Å². The van der Waals surface area contributed by atoms with Gasteiger partial charge < -0.3 is 30.3 Å². The van der Waals surface area contributed by atoms with Crippen molar-refractivity contribution < 1.29 is 18.8 Å². The standard InChI is InChI=1S/C28H30FN7O3/c1-34-9-11-35(12-10-34)28(39)36-15-21-24(22(37)16-36)26(31-18-5-3-2-4-6-18)25(32-21)17-7-8-30-23(13-17)33-27(38)19-14-20(19)29/h2-8,13,19-20,31-32H,9-12,14-16H2,1H3,(H,30,33,38)/t19-,20+/m1/s1. The van der Waals surface area contributed by atoms with Crippen LogP contribution < -0.4 is 10.6 Å². The number of likely N-dealkylation sites (N-methyl/N-ethyl adjacent to an activating group) is 1. The predicted octanol–water partition coefficient (Wildman–Crippen LogP) is 3.48. The van der Waals surface area contributed by atoms with Crippen LogP contribution in [0.5, 0.6) is 0 Å². The Hall–Kier alpha value is -4.25. The lowest BCUT2D eigenvalue weighted by Gasteiger charge is -2.37. The number of aromatic nitrogens is 2. The number of carbonyl (C=O) groups is 3. The fourth-order valence-corrected chi connectivity index (χ4v) is 5.13. The number of aromatic amines is 1. The van der Waals surface area contributed by atoms with Crippen LogP contribution in [0.4, 0.5) is 26.4 Å². The monoisotopic (exact) mass is 531 g/mol. The Bertz CT molecular complexity index is 1420. The number of amides is 3. The number of halogens is 1.